The minimum absolute atomic E-state index is 0.375. The molecule has 1 aliphatic heterocycles. The van der Waals surface area contributed by atoms with Crippen molar-refractivity contribution in [3.05, 3.63) is 64.5 Å². The Balaban J connectivity index is 1.49. The maximum Gasteiger partial charge on any atom is 0.248 e. The van der Waals surface area contributed by atoms with Crippen molar-refractivity contribution >= 4 is 5.91 Å². The molecule has 1 amide bonds. The van der Waals surface area contributed by atoms with E-state index in [2.05, 4.69) is 15.0 Å². The normalized spacial score (nSPS) is 13.9. The number of aryl methyl sites for hydroxylation is 1. The topological polar surface area (TPSA) is 94.5 Å². The highest BCUT2D eigenvalue weighted by Gasteiger charge is 2.22. The summed E-state index contributed by atoms with van der Waals surface area (Å²) >= 11 is 0. The fourth-order valence-electron chi connectivity index (χ4n) is 3.62. The van der Waals surface area contributed by atoms with E-state index in [0.717, 1.165) is 41.0 Å². The fraction of sp³-hybridized carbons (Fsp3) is 0.286. The Bertz CT molecular complexity index is 1030. The Morgan fingerprint density at radius 2 is 2.18 bits per heavy atom. The predicted molar refractivity (Wildman–Crippen MR) is 104 cm³/mol. The van der Waals surface area contributed by atoms with Crippen LogP contribution in [0.25, 0.3) is 11.4 Å². The smallest absolute Gasteiger partial charge is 0.248 e. The van der Waals surface area contributed by atoms with Gasteiger partial charge in [-0.1, -0.05) is 29.4 Å². The molecule has 0 radical (unpaired) electrons. The molecule has 1 aliphatic rings. The molecular formula is C21H22N4O3. The Kier molecular flexibility index (Phi) is 4.83. The number of primary amides is 1. The second-order valence-corrected chi connectivity index (χ2v) is 6.96. The largest absolute Gasteiger partial charge is 0.496 e. The molecule has 144 valence electrons. The molecule has 0 fully saturated rings. The molecule has 0 atom stereocenters. The van der Waals surface area contributed by atoms with Crippen molar-refractivity contribution in [1.82, 2.24) is 15.0 Å². The fourth-order valence-corrected chi connectivity index (χ4v) is 3.62. The van der Waals surface area contributed by atoms with E-state index in [1.54, 1.807) is 13.2 Å². The van der Waals surface area contributed by atoms with E-state index in [1.807, 2.05) is 37.3 Å². The number of carbonyl (C=O) groups is 1. The van der Waals surface area contributed by atoms with E-state index in [9.17, 15) is 4.79 Å². The van der Waals surface area contributed by atoms with Crippen LogP contribution in [0.4, 0.5) is 0 Å². The second kappa shape index (κ2) is 7.44. The van der Waals surface area contributed by atoms with Gasteiger partial charge in [-0.2, -0.15) is 4.98 Å². The second-order valence-electron chi connectivity index (χ2n) is 6.96. The lowest BCUT2D eigenvalue weighted by atomic mass is 9.94. The first-order valence-corrected chi connectivity index (χ1v) is 9.15. The van der Waals surface area contributed by atoms with Crippen molar-refractivity contribution in [3.8, 4) is 17.1 Å². The van der Waals surface area contributed by atoms with Gasteiger partial charge in [0.2, 0.25) is 17.6 Å². The van der Waals surface area contributed by atoms with Gasteiger partial charge in [-0.3, -0.25) is 9.69 Å². The molecule has 7 heteroatoms. The summed E-state index contributed by atoms with van der Waals surface area (Å²) in [7, 11) is 1.64. The van der Waals surface area contributed by atoms with Gasteiger partial charge in [0.25, 0.3) is 0 Å². The first kappa shape index (κ1) is 18.2. The van der Waals surface area contributed by atoms with Gasteiger partial charge in [-0.05, 0) is 42.2 Å². The zero-order valence-corrected chi connectivity index (χ0v) is 15.9. The van der Waals surface area contributed by atoms with Gasteiger partial charge in [0.1, 0.15) is 5.75 Å². The van der Waals surface area contributed by atoms with E-state index < -0.39 is 0 Å². The van der Waals surface area contributed by atoms with Crippen LogP contribution in [0.3, 0.4) is 0 Å². The monoisotopic (exact) mass is 378 g/mol. The SMILES string of the molecule is COc1cc(-c2noc(CN3CCc4c(cccc4C(N)=O)C3)n2)ccc1C. The Hall–Kier alpha value is -3.19. The zero-order valence-electron chi connectivity index (χ0n) is 15.9. The van der Waals surface area contributed by atoms with Crippen LogP contribution in [0.2, 0.25) is 0 Å². The van der Waals surface area contributed by atoms with Crippen molar-refractivity contribution in [2.75, 3.05) is 13.7 Å². The number of aromatic nitrogens is 2. The molecule has 1 aromatic heterocycles. The van der Waals surface area contributed by atoms with Crippen molar-refractivity contribution < 1.29 is 14.1 Å². The van der Waals surface area contributed by atoms with Crippen molar-refractivity contribution in [2.24, 2.45) is 5.73 Å². The van der Waals surface area contributed by atoms with Crippen LogP contribution in [0.5, 0.6) is 5.75 Å². The van der Waals surface area contributed by atoms with Gasteiger partial charge in [0, 0.05) is 24.2 Å². The van der Waals surface area contributed by atoms with E-state index >= 15 is 0 Å². The van der Waals surface area contributed by atoms with Gasteiger partial charge in [0.05, 0.1) is 13.7 Å². The molecule has 2 aromatic carbocycles. The summed E-state index contributed by atoms with van der Waals surface area (Å²) in [5.74, 6) is 1.52. The summed E-state index contributed by atoms with van der Waals surface area (Å²) in [5.41, 5.74) is 10.2. The molecule has 0 aliphatic carbocycles. The first-order chi connectivity index (χ1) is 13.5. The average Bonchev–Trinajstić information content (AvgIpc) is 3.16. The van der Waals surface area contributed by atoms with Gasteiger partial charge < -0.3 is 15.0 Å². The molecule has 2 N–H and O–H groups in total. The average molecular weight is 378 g/mol. The maximum absolute atomic E-state index is 11.6. The Labute approximate surface area is 163 Å². The van der Waals surface area contributed by atoms with Crippen LogP contribution in [-0.2, 0) is 19.5 Å². The lowest BCUT2D eigenvalue weighted by molar-refractivity contribution is 0.0998. The Morgan fingerprint density at radius 3 is 2.96 bits per heavy atom. The van der Waals surface area contributed by atoms with Gasteiger partial charge in [-0.25, -0.2) is 0 Å². The highest BCUT2D eigenvalue weighted by molar-refractivity contribution is 5.94. The third kappa shape index (κ3) is 3.48. The van der Waals surface area contributed by atoms with Gasteiger partial charge in [-0.15, -0.1) is 0 Å². The van der Waals surface area contributed by atoms with E-state index in [4.69, 9.17) is 15.0 Å². The van der Waals surface area contributed by atoms with Crippen LogP contribution >= 0.6 is 0 Å². The van der Waals surface area contributed by atoms with Crippen LogP contribution < -0.4 is 10.5 Å². The first-order valence-electron chi connectivity index (χ1n) is 9.15. The maximum atomic E-state index is 11.6. The minimum atomic E-state index is -0.375. The lowest BCUT2D eigenvalue weighted by Crippen LogP contribution is -2.31. The number of nitrogens with zero attached hydrogens (tertiary/aromatic N) is 3. The highest BCUT2D eigenvalue weighted by Crippen LogP contribution is 2.26. The third-order valence-electron chi connectivity index (χ3n) is 5.10. The molecule has 0 spiro atoms. The Morgan fingerprint density at radius 1 is 1.32 bits per heavy atom. The summed E-state index contributed by atoms with van der Waals surface area (Å²) in [5, 5.41) is 4.11. The summed E-state index contributed by atoms with van der Waals surface area (Å²) in [4.78, 5) is 18.4. The molecule has 2 heterocycles. The standard InChI is InChI=1S/C21H22N4O3/c1-13-6-7-14(10-18(13)27-2)21-23-19(28-24-21)12-25-9-8-16-15(11-25)4-3-5-17(16)20(22)26/h3-7,10H,8-9,11-12H2,1-2H3,(H2,22,26). The van der Waals surface area contributed by atoms with Crippen molar-refractivity contribution in [3.63, 3.8) is 0 Å². The molecule has 0 bridgehead atoms. The quantitative estimate of drug-likeness (QED) is 0.734. The predicted octanol–water partition coefficient (Wildman–Crippen LogP) is 2.71. The van der Waals surface area contributed by atoms with Crippen LogP contribution in [0.1, 0.15) is 32.9 Å². The van der Waals surface area contributed by atoms with Gasteiger partial charge in [0.15, 0.2) is 0 Å². The molecule has 0 saturated carbocycles. The molecule has 0 saturated heterocycles. The molecular weight excluding hydrogens is 356 g/mol. The van der Waals surface area contributed by atoms with Gasteiger partial charge >= 0.3 is 0 Å². The number of hydrogen-bond donors (Lipinski definition) is 1. The summed E-state index contributed by atoms with van der Waals surface area (Å²) in [6.45, 7) is 4.05. The summed E-state index contributed by atoms with van der Waals surface area (Å²) in [6.07, 6.45) is 0.768. The summed E-state index contributed by atoms with van der Waals surface area (Å²) < 4.78 is 10.8. The summed E-state index contributed by atoms with van der Waals surface area (Å²) in [6, 6.07) is 11.5. The lowest BCUT2D eigenvalue weighted by Gasteiger charge is -2.28. The number of ether oxygens (including phenoxy) is 1. The highest BCUT2D eigenvalue weighted by atomic mass is 16.5. The third-order valence-corrected chi connectivity index (χ3v) is 5.10. The number of amides is 1. The number of benzene rings is 2. The number of methoxy groups -OCH3 is 1. The van der Waals surface area contributed by atoms with Crippen LogP contribution in [0, 0.1) is 6.92 Å². The van der Waals surface area contributed by atoms with Crippen molar-refractivity contribution in [2.45, 2.75) is 26.4 Å². The molecule has 28 heavy (non-hydrogen) atoms. The molecule has 3 aromatic rings. The molecule has 0 unspecified atom stereocenters. The number of nitrogens with two attached hydrogens (primary N) is 1. The van der Waals surface area contributed by atoms with Crippen LogP contribution in [0.15, 0.2) is 40.9 Å². The van der Waals surface area contributed by atoms with Crippen LogP contribution in [-0.4, -0.2) is 34.6 Å². The number of carbonyl (C=O) groups excluding carboxylic acids is 1. The molecule has 4 rings (SSSR count). The van der Waals surface area contributed by atoms with E-state index in [-0.39, 0.29) is 5.91 Å². The number of fused-ring (bicyclic) bond motifs is 1. The van der Waals surface area contributed by atoms with E-state index in [1.165, 1.54) is 0 Å². The zero-order chi connectivity index (χ0) is 19.7. The van der Waals surface area contributed by atoms with E-state index in [0.29, 0.717) is 30.4 Å². The molecule has 7 nitrogen and oxygen atoms in total. The van der Waals surface area contributed by atoms with Crippen molar-refractivity contribution in [1.29, 1.82) is 0 Å². The number of rotatable bonds is 5. The number of hydrogen-bond acceptors (Lipinski definition) is 6. The minimum Gasteiger partial charge on any atom is -0.496 e.